The molecule has 0 fully saturated rings. The first-order valence-electron chi connectivity index (χ1n) is 11.6. The van der Waals surface area contributed by atoms with E-state index in [0.717, 1.165) is 17.5 Å². The summed E-state index contributed by atoms with van der Waals surface area (Å²) in [5.41, 5.74) is 9.92. The van der Waals surface area contributed by atoms with E-state index >= 15 is 0 Å². The van der Waals surface area contributed by atoms with Crippen molar-refractivity contribution in [3.8, 4) is 22.6 Å². The highest BCUT2D eigenvalue weighted by molar-refractivity contribution is 7.90. The van der Waals surface area contributed by atoms with Gasteiger partial charge in [0.1, 0.15) is 17.0 Å². The average Bonchev–Trinajstić information content (AvgIpc) is 3.36. The van der Waals surface area contributed by atoms with Gasteiger partial charge in [0.2, 0.25) is 0 Å². The van der Waals surface area contributed by atoms with Gasteiger partial charge in [0.15, 0.2) is 9.84 Å². The Kier molecular flexibility index (Phi) is 6.22. The van der Waals surface area contributed by atoms with Crippen molar-refractivity contribution in [2.24, 2.45) is 7.05 Å². The number of ether oxygens (including phenoxy) is 1. The lowest BCUT2D eigenvalue weighted by Gasteiger charge is -2.15. The molecule has 8 nitrogen and oxygen atoms in total. The first kappa shape index (κ1) is 24.2. The van der Waals surface area contributed by atoms with E-state index < -0.39 is 9.84 Å². The summed E-state index contributed by atoms with van der Waals surface area (Å²) in [6, 6.07) is 21.7. The van der Waals surface area contributed by atoms with Crippen molar-refractivity contribution in [3.63, 3.8) is 0 Å². The molecule has 5 rings (SSSR count). The van der Waals surface area contributed by atoms with Crippen LogP contribution in [-0.4, -0.2) is 24.2 Å². The third-order valence-electron chi connectivity index (χ3n) is 6.10. The summed E-state index contributed by atoms with van der Waals surface area (Å²) in [6.07, 6.45) is 4.54. The lowest BCUT2D eigenvalue weighted by Crippen LogP contribution is -2.16. The van der Waals surface area contributed by atoms with Gasteiger partial charge >= 0.3 is 0 Å². The Morgan fingerprint density at radius 2 is 1.78 bits per heavy atom. The zero-order valence-corrected chi connectivity index (χ0v) is 21.2. The minimum atomic E-state index is -3.47. The van der Waals surface area contributed by atoms with Gasteiger partial charge in [0, 0.05) is 66.2 Å². The maximum absolute atomic E-state index is 12.6. The largest absolute Gasteiger partial charge is 0.457 e. The molecule has 0 unspecified atom stereocenters. The number of anilines is 2. The third kappa shape index (κ3) is 5.07. The van der Waals surface area contributed by atoms with Gasteiger partial charge in [-0.05, 0) is 54.1 Å². The predicted molar refractivity (Wildman–Crippen MR) is 147 cm³/mol. The first-order valence-corrected chi connectivity index (χ1v) is 13.5. The van der Waals surface area contributed by atoms with Crippen molar-refractivity contribution in [2.45, 2.75) is 11.4 Å². The molecule has 0 radical (unpaired) electrons. The summed E-state index contributed by atoms with van der Waals surface area (Å²) in [4.78, 5) is 15.7. The van der Waals surface area contributed by atoms with Crippen LogP contribution < -0.4 is 21.3 Å². The number of hydrogen-bond acceptors (Lipinski definition) is 6. The molecule has 0 aliphatic heterocycles. The molecule has 4 N–H and O–H groups in total. The Balaban J connectivity index is 1.53. The Bertz CT molecular complexity index is 1770. The molecule has 0 aliphatic carbocycles. The minimum absolute atomic E-state index is 0.159. The van der Waals surface area contributed by atoms with Crippen molar-refractivity contribution < 1.29 is 13.2 Å². The fourth-order valence-electron chi connectivity index (χ4n) is 4.16. The minimum Gasteiger partial charge on any atom is -0.457 e. The van der Waals surface area contributed by atoms with Crippen molar-refractivity contribution >= 4 is 32.1 Å². The third-order valence-corrected chi connectivity index (χ3v) is 7.21. The van der Waals surface area contributed by atoms with Crippen LogP contribution in [0.25, 0.3) is 22.0 Å². The van der Waals surface area contributed by atoms with E-state index in [9.17, 15) is 13.2 Å². The normalized spacial score (nSPS) is 11.5. The number of nitrogens with zero attached hydrogens (tertiary/aromatic N) is 1. The van der Waals surface area contributed by atoms with Gasteiger partial charge in [0.25, 0.3) is 5.56 Å². The Morgan fingerprint density at radius 3 is 2.54 bits per heavy atom. The van der Waals surface area contributed by atoms with Crippen molar-refractivity contribution in [2.75, 3.05) is 17.3 Å². The van der Waals surface area contributed by atoms with E-state index in [1.165, 1.54) is 10.6 Å². The lowest BCUT2D eigenvalue weighted by atomic mass is 10.0. The fourth-order valence-corrected chi connectivity index (χ4v) is 4.81. The van der Waals surface area contributed by atoms with E-state index in [1.54, 1.807) is 37.6 Å². The molecule has 0 bridgehead atoms. The van der Waals surface area contributed by atoms with Crippen LogP contribution in [0, 0.1) is 0 Å². The van der Waals surface area contributed by atoms with Crippen LogP contribution >= 0.6 is 0 Å². The number of fused-ring (bicyclic) bond motifs is 1. The van der Waals surface area contributed by atoms with Gasteiger partial charge in [0.05, 0.1) is 4.90 Å². The van der Waals surface area contributed by atoms with Crippen LogP contribution in [0.2, 0.25) is 0 Å². The average molecular weight is 515 g/mol. The topological polar surface area (TPSA) is 119 Å². The Morgan fingerprint density at radius 1 is 1.00 bits per heavy atom. The van der Waals surface area contributed by atoms with Crippen LogP contribution in [0.3, 0.4) is 0 Å². The molecule has 2 heterocycles. The summed E-state index contributed by atoms with van der Waals surface area (Å²) < 4.78 is 32.5. The number of nitrogens with two attached hydrogens (primary N) is 1. The number of rotatable bonds is 7. The maximum atomic E-state index is 12.6. The number of nitrogen functional groups attached to an aromatic ring is 1. The van der Waals surface area contributed by atoms with E-state index in [-0.39, 0.29) is 10.5 Å². The quantitative estimate of drug-likeness (QED) is 0.265. The number of aryl methyl sites for hydroxylation is 1. The van der Waals surface area contributed by atoms with E-state index in [2.05, 4.69) is 10.3 Å². The number of aromatic nitrogens is 2. The van der Waals surface area contributed by atoms with E-state index in [1.807, 2.05) is 48.5 Å². The molecule has 9 heteroatoms. The predicted octanol–water partition coefficient (Wildman–Crippen LogP) is 4.92. The van der Waals surface area contributed by atoms with E-state index in [0.29, 0.717) is 45.8 Å². The van der Waals surface area contributed by atoms with Gasteiger partial charge < -0.3 is 25.3 Å². The number of sulfone groups is 1. The summed E-state index contributed by atoms with van der Waals surface area (Å²) in [5.74, 6) is 1.04. The van der Waals surface area contributed by atoms with Gasteiger partial charge in [-0.15, -0.1) is 0 Å². The number of hydrogen-bond donors (Lipinski definition) is 3. The van der Waals surface area contributed by atoms with Crippen LogP contribution in [0.15, 0.2) is 94.9 Å². The van der Waals surface area contributed by atoms with Crippen LogP contribution in [0.1, 0.15) is 5.56 Å². The maximum Gasteiger partial charge on any atom is 0.274 e. The van der Waals surface area contributed by atoms with Crippen LogP contribution in [0.5, 0.6) is 11.5 Å². The summed E-state index contributed by atoms with van der Waals surface area (Å²) in [7, 11) is -1.82. The SMILES string of the molecule is Cn1cc(-c2cc(S(C)(=O)=O)ccc2Oc2cccc(NCc3ccc(N)cc3)c2)c2cc[nH]c2c1=O. The molecule has 0 aliphatic rings. The molecule has 0 saturated carbocycles. The monoisotopic (exact) mass is 514 g/mol. The molecule has 3 aromatic carbocycles. The number of pyridine rings is 1. The first-order chi connectivity index (χ1) is 17.7. The zero-order valence-electron chi connectivity index (χ0n) is 20.4. The standard InChI is InChI=1S/C28H26N4O4S/c1-32-17-25(23-12-13-30-27(23)28(32)33)24-15-22(37(2,34)35)10-11-26(24)36-21-5-3-4-20(14-21)31-16-18-6-8-19(29)9-7-18/h3-15,17,30-31H,16,29H2,1-2H3. The fraction of sp³-hybridized carbons (Fsp3) is 0.107. The second kappa shape index (κ2) is 9.51. The molecule has 0 saturated heterocycles. The molecular formula is C28H26N4O4S. The number of benzene rings is 3. The van der Waals surface area contributed by atoms with Crippen molar-refractivity contribution in [1.29, 1.82) is 0 Å². The van der Waals surface area contributed by atoms with Gasteiger partial charge in [-0.1, -0.05) is 18.2 Å². The lowest BCUT2D eigenvalue weighted by molar-refractivity contribution is 0.484. The van der Waals surface area contributed by atoms with Crippen molar-refractivity contribution in [1.82, 2.24) is 9.55 Å². The van der Waals surface area contributed by atoms with Crippen LogP contribution in [-0.2, 0) is 23.4 Å². The number of H-pyrrole nitrogens is 1. The molecular weight excluding hydrogens is 488 g/mol. The zero-order chi connectivity index (χ0) is 26.2. The summed E-state index contributed by atoms with van der Waals surface area (Å²) in [5, 5.41) is 4.05. The van der Waals surface area contributed by atoms with Crippen molar-refractivity contribution in [3.05, 3.63) is 101 Å². The van der Waals surface area contributed by atoms with Crippen LogP contribution in [0.4, 0.5) is 11.4 Å². The van der Waals surface area contributed by atoms with Gasteiger partial charge in [-0.25, -0.2) is 8.42 Å². The smallest absolute Gasteiger partial charge is 0.274 e. The molecule has 37 heavy (non-hydrogen) atoms. The highest BCUT2D eigenvalue weighted by atomic mass is 32.2. The van der Waals surface area contributed by atoms with Gasteiger partial charge in [-0.2, -0.15) is 0 Å². The van der Waals surface area contributed by atoms with Gasteiger partial charge in [-0.3, -0.25) is 4.79 Å². The molecule has 0 atom stereocenters. The molecule has 0 amide bonds. The second-order valence-corrected chi connectivity index (χ2v) is 10.9. The van der Waals surface area contributed by atoms with E-state index in [4.69, 9.17) is 10.5 Å². The molecule has 0 spiro atoms. The summed E-state index contributed by atoms with van der Waals surface area (Å²) >= 11 is 0. The Labute approximate surface area is 214 Å². The molecule has 5 aromatic rings. The number of nitrogens with one attached hydrogen (secondary N) is 2. The Hall–Kier alpha value is -4.50. The number of aromatic amines is 1. The highest BCUT2D eigenvalue weighted by Gasteiger charge is 2.18. The second-order valence-electron chi connectivity index (χ2n) is 8.88. The molecule has 2 aromatic heterocycles. The molecule has 188 valence electrons. The highest BCUT2D eigenvalue weighted by Crippen LogP contribution is 2.38. The summed E-state index contributed by atoms with van der Waals surface area (Å²) in [6.45, 7) is 0.613.